The van der Waals surface area contributed by atoms with Gasteiger partial charge in [0.2, 0.25) is 0 Å². The van der Waals surface area contributed by atoms with Crippen LogP contribution in [0.1, 0.15) is 20.3 Å². The minimum absolute atomic E-state index is 0.788. The molecule has 50 valence electrons. The van der Waals surface area contributed by atoms with E-state index in [4.69, 9.17) is 11.8 Å². The highest BCUT2D eigenvalue weighted by atomic mass is 32.4. The van der Waals surface area contributed by atoms with Gasteiger partial charge in [-0.3, -0.25) is 0 Å². The summed E-state index contributed by atoms with van der Waals surface area (Å²) in [6, 6.07) is 0. The van der Waals surface area contributed by atoms with Crippen molar-refractivity contribution in [2.24, 2.45) is 0 Å². The highest BCUT2D eigenvalue weighted by Gasteiger charge is 2.05. The molecule has 0 amide bonds. The minimum atomic E-state index is -1.84. The zero-order valence-corrected chi connectivity index (χ0v) is 7.13. The topological polar surface area (TPSA) is 20.2 Å². The average Bonchev–Trinajstić information content (AvgIpc) is 1.67. The van der Waals surface area contributed by atoms with Gasteiger partial charge in [-0.2, -0.15) is 0 Å². The molecule has 0 spiro atoms. The van der Waals surface area contributed by atoms with E-state index in [-0.39, 0.29) is 0 Å². The van der Waals surface area contributed by atoms with E-state index in [9.17, 15) is 4.89 Å². The first-order valence-electron chi connectivity index (χ1n) is 2.93. The van der Waals surface area contributed by atoms with Crippen molar-refractivity contribution in [3.63, 3.8) is 0 Å². The molecule has 0 aliphatic heterocycles. The van der Waals surface area contributed by atoms with E-state index >= 15 is 0 Å². The second-order valence-electron chi connectivity index (χ2n) is 1.89. The predicted octanol–water partition coefficient (Wildman–Crippen LogP) is 1.80. The molecule has 1 unspecified atom stereocenters. The van der Waals surface area contributed by atoms with Gasteiger partial charge >= 0.3 is 0 Å². The second-order valence-corrected chi connectivity index (χ2v) is 6.70. The van der Waals surface area contributed by atoms with Crippen LogP contribution in [0.2, 0.25) is 0 Å². The quantitative estimate of drug-likeness (QED) is 0.622. The van der Waals surface area contributed by atoms with Crippen molar-refractivity contribution >= 4 is 18.1 Å². The van der Waals surface area contributed by atoms with E-state index in [2.05, 4.69) is 0 Å². The molecule has 0 aromatic carbocycles. The molecule has 0 aliphatic carbocycles. The summed E-state index contributed by atoms with van der Waals surface area (Å²) in [6.45, 7) is 4.00. The summed E-state index contributed by atoms with van der Waals surface area (Å²) in [6.07, 6.45) is 0.809. The Morgan fingerprint density at radius 3 is 2.12 bits per heavy atom. The number of rotatable bonds is 3. The zero-order valence-electron chi connectivity index (χ0n) is 5.42. The molecule has 8 heavy (non-hydrogen) atoms. The van der Waals surface area contributed by atoms with Crippen molar-refractivity contribution in [1.82, 2.24) is 0 Å². The lowest BCUT2D eigenvalue weighted by molar-refractivity contribution is 0.620. The van der Waals surface area contributed by atoms with Gasteiger partial charge in [0.25, 0.3) is 0 Å². The average molecular weight is 152 g/mol. The van der Waals surface area contributed by atoms with E-state index in [0.717, 1.165) is 18.7 Å². The number of hydrogen-bond donors (Lipinski definition) is 1. The van der Waals surface area contributed by atoms with Crippen molar-refractivity contribution in [3.05, 3.63) is 0 Å². The van der Waals surface area contributed by atoms with Crippen LogP contribution in [-0.4, -0.2) is 17.2 Å². The first-order valence-corrected chi connectivity index (χ1v) is 6.05. The van der Waals surface area contributed by atoms with Crippen molar-refractivity contribution in [2.75, 3.05) is 12.3 Å². The Kier molecular flexibility index (Phi) is 3.87. The molecular formula is C5H13OPS. The van der Waals surface area contributed by atoms with Gasteiger partial charge in [-0.25, -0.2) is 0 Å². The summed E-state index contributed by atoms with van der Waals surface area (Å²) < 4.78 is 0. The lowest BCUT2D eigenvalue weighted by atomic mass is 10.6. The van der Waals surface area contributed by atoms with Gasteiger partial charge < -0.3 is 4.89 Å². The molecule has 0 heterocycles. The maximum absolute atomic E-state index is 9.25. The van der Waals surface area contributed by atoms with Crippen LogP contribution < -0.4 is 0 Å². The number of hydrogen-bond acceptors (Lipinski definition) is 1. The van der Waals surface area contributed by atoms with E-state index in [0.29, 0.717) is 0 Å². The van der Waals surface area contributed by atoms with E-state index in [1.54, 1.807) is 0 Å². The van der Waals surface area contributed by atoms with Gasteiger partial charge in [-0.15, -0.1) is 0 Å². The van der Waals surface area contributed by atoms with Crippen molar-refractivity contribution < 1.29 is 4.89 Å². The lowest BCUT2D eigenvalue weighted by Crippen LogP contribution is -1.87. The molecule has 0 aromatic heterocycles. The fourth-order valence-electron chi connectivity index (χ4n) is 0.508. The summed E-state index contributed by atoms with van der Waals surface area (Å²) in [7, 11) is 0. The Bertz CT molecular complexity index is 103. The smallest absolute Gasteiger partial charge is 0.0634 e. The summed E-state index contributed by atoms with van der Waals surface area (Å²) in [5.41, 5.74) is 0. The molecule has 0 rings (SSSR count). The summed E-state index contributed by atoms with van der Waals surface area (Å²) in [4.78, 5) is 9.25. The fourth-order valence-corrected chi connectivity index (χ4v) is 2.07. The molecule has 0 fully saturated rings. The van der Waals surface area contributed by atoms with Crippen LogP contribution in [0.4, 0.5) is 0 Å². The molecule has 0 aromatic rings. The molecule has 0 radical (unpaired) electrons. The maximum atomic E-state index is 9.25. The Labute approximate surface area is 56.2 Å². The summed E-state index contributed by atoms with van der Waals surface area (Å²) in [5, 5.41) is 0. The standard InChI is InChI=1S/C5H13OPS/c1-3-5-7(6,8)4-2/h3-5H2,1-2H3,(H,6,8). The van der Waals surface area contributed by atoms with Crippen LogP contribution in [-0.2, 0) is 11.8 Å². The molecule has 3 heteroatoms. The zero-order chi connectivity index (χ0) is 6.62. The van der Waals surface area contributed by atoms with Crippen LogP contribution in [0.5, 0.6) is 0 Å². The fraction of sp³-hybridized carbons (Fsp3) is 1.00. The van der Waals surface area contributed by atoms with Gasteiger partial charge in [0.15, 0.2) is 0 Å². The molecule has 0 bridgehead atoms. The molecule has 1 atom stereocenters. The van der Waals surface area contributed by atoms with Gasteiger partial charge in [-0.05, 0) is 18.7 Å². The van der Waals surface area contributed by atoms with Crippen LogP contribution in [0.15, 0.2) is 0 Å². The van der Waals surface area contributed by atoms with Gasteiger partial charge in [0, 0.05) is 0 Å². The Morgan fingerprint density at radius 1 is 1.50 bits per heavy atom. The molecule has 1 N–H and O–H groups in total. The van der Waals surface area contributed by atoms with E-state index in [1.165, 1.54) is 0 Å². The molecule has 0 saturated carbocycles. The van der Waals surface area contributed by atoms with Crippen LogP contribution in [0.25, 0.3) is 0 Å². The Morgan fingerprint density at radius 2 is 2.00 bits per heavy atom. The molecule has 0 aliphatic rings. The lowest BCUT2D eigenvalue weighted by Gasteiger charge is -2.09. The highest BCUT2D eigenvalue weighted by molar-refractivity contribution is 8.11. The van der Waals surface area contributed by atoms with Crippen molar-refractivity contribution in [1.29, 1.82) is 0 Å². The normalized spacial score (nSPS) is 17.9. The Hall–Kier alpha value is 0.610. The van der Waals surface area contributed by atoms with Gasteiger partial charge in [-0.1, -0.05) is 25.7 Å². The molecular weight excluding hydrogens is 139 g/mol. The third-order valence-electron chi connectivity index (χ3n) is 1.07. The van der Waals surface area contributed by atoms with Gasteiger partial charge in [0.05, 0.1) is 6.26 Å². The maximum Gasteiger partial charge on any atom is 0.0634 e. The third-order valence-corrected chi connectivity index (χ3v) is 4.52. The predicted molar refractivity (Wildman–Crippen MR) is 42.2 cm³/mol. The van der Waals surface area contributed by atoms with Crippen molar-refractivity contribution in [2.45, 2.75) is 20.3 Å². The van der Waals surface area contributed by atoms with E-state index in [1.807, 2.05) is 13.8 Å². The second kappa shape index (κ2) is 3.60. The first kappa shape index (κ1) is 8.61. The summed E-state index contributed by atoms with van der Waals surface area (Å²) >= 11 is 4.91. The van der Waals surface area contributed by atoms with Crippen LogP contribution >= 0.6 is 6.26 Å². The van der Waals surface area contributed by atoms with Crippen LogP contribution in [0, 0.1) is 0 Å². The summed E-state index contributed by atoms with van der Waals surface area (Å²) in [5.74, 6) is 0. The highest BCUT2D eigenvalue weighted by Crippen LogP contribution is 2.40. The first-order chi connectivity index (χ1) is 3.62. The van der Waals surface area contributed by atoms with E-state index < -0.39 is 6.26 Å². The largest absolute Gasteiger partial charge is 0.365 e. The minimum Gasteiger partial charge on any atom is -0.365 e. The van der Waals surface area contributed by atoms with Crippen LogP contribution in [0.3, 0.4) is 0 Å². The Balaban J connectivity index is 3.55. The molecule has 1 nitrogen and oxygen atoms in total. The van der Waals surface area contributed by atoms with Gasteiger partial charge in [0.1, 0.15) is 0 Å². The monoisotopic (exact) mass is 152 g/mol. The van der Waals surface area contributed by atoms with Crippen molar-refractivity contribution in [3.8, 4) is 0 Å². The molecule has 0 saturated heterocycles. The SMILES string of the molecule is CCCP(O)(=S)CC. The third kappa shape index (κ3) is 3.59.